The number of para-hydroxylation sites is 2. The lowest BCUT2D eigenvalue weighted by Gasteiger charge is -2.38. The van der Waals surface area contributed by atoms with Crippen LogP contribution in [0.5, 0.6) is 17.2 Å². The van der Waals surface area contributed by atoms with Crippen molar-refractivity contribution in [2.75, 3.05) is 65.0 Å². The van der Waals surface area contributed by atoms with E-state index in [9.17, 15) is 14.4 Å². The highest BCUT2D eigenvalue weighted by Crippen LogP contribution is 2.33. The first-order valence-corrected chi connectivity index (χ1v) is 12.8. The number of amides is 3. The Morgan fingerprint density at radius 2 is 1.79 bits per heavy atom. The summed E-state index contributed by atoms with van der Waals surface area (Å²) in [5, 5.41) is 5.58. The monoisotopic (exact) mass is 523 g/mol. The number of carbonyl (C=O) groups excluding carboxylic acids is 3. The van der Waals surface area contributed by atoms with E-state index in [4.69, 9.17) is 14.2 Å². The van der Waals surface area contributed by atoms with Crippen LogP contribution in [0.4, 0.5) is 5.69 Å². The highest BCUT2D eigenvalue weighted by Gasteiger charge is 2.35. The highest BCUT2D eigenvalue weighted by atomic mass is 16.7. The Morgan fingerprint density at radius 3 is 2.61 bits per heavy atom. The minimum absolute atomic E-state index is 0.126. The highest BCUT2D eigenvalue weighted by molar-refractivity contribution is 5.98. The Morgan fingerprint density at radius 1 is 1.03 bits per heavy atom. The van der Waals surface area contributed by atoms with Gasteiger partial charge in [-0.3, -0.25) is 24.2 Å². The topological polar surface area (TPSA) is 113 Å². The van der Waals surface area contributed by atoms with E-state index >= 15 is 0 Å². The molecule has 0 radical (unpaired) electrons. The summed E-state index contributed by atoms with van der Waals surface area (Å²) < 4.78 is 16.1. The molecule has 11 heteroatoms. The van der Waals surface area contributed by atoms with Gasteiger partial charge in [-0.15, -0.1) is 0 Å². The molecule has 38 heavy (non-hydrogen) atoms. The molecule has 3 amide bonds. The van der Waals surface area contributed by atoms with Crippen LogP contribution in [-0.2, 0) is 20.9 Å². The summed E-state index contributed by atoms with van der Waals surface area (Å²) in [6.45, 7) is 5.17. The Balaban J connectivity index is 1.13. The smallest absolute Gasteiger partial charge is 0.243 e. The van der Waals surface area contributed by atoms with Gasteiger partial charge in [-0.1, -0.05) is 18.2 Å². The third-order valence-corrected chi connectivity index (χ3v) is 7.08. The number of carbonyl (C=O) groups is 3. The number of anilines is 1. The fourth-order valence-electron chi connectivity index (χ4n) is 5.03. The minimum Gasteiger partial charge on any atom is -0.495 e. The molecule has 0 unspecified atom stereocenters. The second-order valence-electron chi connectivity index (χ2n) is 9.59. The van der Waals surface area contributed by atoms with Crippen molar-refractivity contribution in [2.24, 2.45) is 0 Å². The van der Waals surface area contributed by atoms with Crippen molar-refractivity contribution in [3.63, 3.8) is 0 Å². The number of hydrogen-bond donors (Lipinski definition) is 2. The zero-order chi connectivity index (χ0) is 26.5. The molecule has 0 saturated carbocycles. The van der Waals surface area contributed by atoms with Crippen molar-refractivity contribution >= 4 is 23.4 Å². The molecule has 0 aliphatic carbocycles. The summed E-state index contributed by atoms with van der Waals surface area (Å²) in [5.74, 6) is 1.28. The van der Waals surface area contributed by atoms with Gasteiger partial charge in [0.25, 0.3) is 0 Å². The van der Waals surface area contributed by atoms with Crippen LogP contribution in [-0.4, -0.2) is 98.2 Å². The number of nitrogens with one attached hydrogen (secondary N) is 2. The Bertz CT molecular complexity index is 1180. The first-order valence-electron chi connectivity index (χ1n) is 12.8. The number of fused-ring (bicyclic) bond motifs is 1. The van der Waals surface area contributed by atoms with Gasteiger partial charge in [0, 0.05) is 45.8 Å². The number of ether oxygens (including phenoxy) is 3. The molecule has 202 valence electrons. The van der Waals surface area contributed by atoms with Crippen LogP contribution >= 0.6 is 0 Å². The lowest BCUT2D eigenvalue weighted by molar-refractivity contribution is -0.145. The maximum atomic E-state index is 13.3. The summed E-state index contributed by atoms with van der Waals surface area (Å²) in [4.78, 5) is 44.7. The van der Waals surface area contributed by atoms with E-state index in [0.29, 0.717) is 24.5 Å². The van der Waals surface area contributed by atoms with Gasteiger partial charge in [-0.2, -0.15) is 0 Å². The average Bonchev–Trinajstić information content (AvgIpc) is 3.39. The summed E-state index contributed by atoms with van der Waals surface area (Å²) in [5.41, 5.74) is 1.68. The predicted octanol–water partition coefficient (Wildman–Crippen LogP) is 0.897. The molecule has 3 aliphatic rings. The first-order chi connectivity index (χ1) is 18.5. The molecule has 0 spiro atoms. The van der Waals surface area contributed by atoms with Crippen molar-refractivity contribution in [3.8, 4) is 17.2 Å². The van der Waals surface area contributed by atoms with Gasteiger partial charge in [0.2, 0.25) is 24.5 Å². The molecule has 3 aliphatic heterocycles. The Kier molecular flexibility index (Phi) is 7.94. The molecular weight excluding hydrogens is 490 g/mol. The van der Waals surface area contributed by atoms with Crippen molar-refractivity contribution in [2.45, 2.75) is 19.0 Å². The minimum atomic E-state index is -0.849. The third kappa shape index (κ3) is 6.00. The van der Waals surface area contributed by atoms with Crippen molar-refractivity contribution in [1.82, 2.24) is 20.0 Å². The van der Waals surface area contributed by atoms with E-state index in [1.54, 1.807) is 29.2 Å². The van der Waals surface area contributed by atoms with Gasteiger partial charge in [0.1, 0.15) is 11.8 Å². The van der Waals surface area contributed by atoms with Crippen LogP contribution in [0.15, 0.2) is 42.5 Å². The molecule has 0 bridgehead atoms. The molecule has 3 heterocycles. The molecule has 2 fully saturated rings. The van der Waals surface area contributed by atoms with Gasteiger partial charge < -0.3 is 29.7 Å². The molecule has 1 atom stereocenters. The molecule has 0 aromatic heterocycles. The van der Waals surface area contributed by atoms with Gasteiger partial charge >= 0.3 is 0 Å². The SMILES string of the molecule is COc1ccccc1NC(=O)C[C@@H]1C(=O)NCCN1C(=O)CN1CCN(Cc2ccc3c(c2)OCO3)CC1. The average molecular weight is 524 g/mol. The van der Waals surface area contributed by atoms with E-state index in [2.05, 4.69) is 26.5 Å². The molecular formula is C27H33N5O6. The van der Waals surface area contributed by atoms with Crippen molar-refractivity contribution in [3.05, 3.63) is 48.0 Å². The number of hydrogen-bond acceptors (Lipinski definition) is 8. The van der Waals surface area contributed by atoms with Gasteiger partial charge in [-0.05, 0) is 29.8 Å². The van der Waals surface area contributed by atoms with Crippen LogP contribution < -0.4 is 24.8 Å². The zero-order valence-electron chi connectivity index (χ0n) is 21.5. The molecule has 2 saturated heterocycles. The largest absolute Gasteiger partial charge is 0.495 e. The summed E-state index contributed by atoms with van der Waals surface area (Å²) >= 11 is 0. The number of rotatable bonds is 8. The van der Waals surface area contributed by atoms with E-state index in [0.717, 1.165) is 49.8 Å². The predicted molar refractivity (Wildman–Crippen MR) is 139 cm³/mol. The third-order valence-electron chi connectivity index (χ3n) is 7.08. The van der Waals surface area contributed by atoms with E-state index in [-0.39, 0.29) is 37.5 Å². The molecule has 2 aromatic carbocycles. The van der Waals surface area contributed by atoms with Crippen LogP contribution in [0.3, 0.4) is 0 Å². The van der Waals surface area contributed by atoms with Gasteiger partial charge in [0.05, 0.1) is 25.8 Å². The fourth-order valence-corrected chi connectivity index (χ4v) is 5.03. The number of methoxy groups -OCH3 is 1. The number of nitrogens with zero attached hydrogens (tertiary/aromatic N) is 3. The summed E-state index contributed by atoms with van der Waals surface area (Å²) in [7, 11) is 1.52. The number of piperazine rings is 2. The molecule has 11 nitrogen and oxygen atoms in total. The van der Waals surface area contributed by atoms with Crippen LogP contribution in [0.1, 0.15) is 12.0 Å². The Hall–Kier alpha value is -3.83. The van der Waals surface area contributed by atoms with Crippen LogP contribution in [0.25, 0.3) is 0 Å². The fraction of sp³-hybridized carbons (Fsp3) is 0.444. The van der Waals surface area contributed by atoms with Crippen LogP contribution in [0.2, 0.25) is 0 Å². The second-order valence-corrected chi connectivity index (χ2v) is 9.59. The maximum absolute atomic E-state index is 13.3. The quantitative estimate of drug-likeness (QED) is 0.525. The van der Waals surface area contributed by atoms with E-state index < -0.39 is 6.04 Å². The molecule has 2 aromatic rings. The van der Waals surface area contributed by atoms with Gasteiger partial charge in [-0.25, -0.2) is 0 Å². The second kappa shape index (κ2) is 11.7. The molecule has 5 rings (SSSR count). The summed E-state index contributed by atoms with van der Waals surface area (Å²) in [6.07, 6.45) is -0.126. The van der Waals surface area contributed by atoms with Crippen molar-refractivity contribution in [1.29, 1.82) is 0 Å². The number of benzene rings is 2. The van der Waals surface area contributed by atoms with E-state index in [1.165, 1.54) is 7.11 Å². The summed E-state index contributed by atoms with van der Waals surface area (Å²) in [6, 6.07) is 12.2. The van der Waals surface area contributed by atoms with E-state index in [1.807, 2.05) is 12.1 Å². The van der Waals surface area contributed by atoms with Crippen LogP contribution in [0, 0.1) is 0 Å². The van der Waals surface area contributed by atoms with Crippen molar-refractivity contribution < 1.29 is 28.6 Å². The standard InChI is InChI=1S/C27H33N5O6/c1-36-22-5-3-2-4-20(22)29-25(33)15-21-27(35)28-8-9-32(21)26(34)17-31-12-10-30(11-13-31)16-19-6-7-23-24(14-19)38-18-37-23/h2-7,14,21H,8-13,15-18H2,1H3,(H,28,35)(H,29,33)/t21-/m1/s1. The normalized spacial score (nSPS) is 19.7. The zero-order valence-corrected chi connectivity index (χ0v) is 21.5. The Labute approximate surface area is 221 Å². The first kappa shape index (κ1) is 25.8. The van der Waals surface area contributed by atoms with Gasteiger partial charge in [0.15, 0.2) is 11.5 Å². The lowest BCUT2D eigenvalue weighted by atomic mass is 10.1. The molecule has 2 N–H and O–H groups in total. The lowest BCUT2D eigenvalue weighted by Crippen LogP contribution is -2.60. The maximum Gasteiger partial charge on any atom is 0.243 e.